The molecule has 0 aliphatic carbocycles. The number of rotatable bonds is 2. The summed E-state index contributed by atoms with van der Waals surface area (Å²) < 4.78 is 23.5. The van der Waals surface area contributed by atoms with Crippen molar-refractivity contribution in [1.82, 2.24) is 9.80 Å². The summed E-state index contributed by atoms with van der Waals surface area (Å²) in [7, 11) is -0.577. The Kier molecular flexibility index (Phi) is 4.34. The minimum absolute atomic E-state index is 0.0632. The summed E-state index contributed by atoms with van der Waals surface area (Å²) in [5.41, 5.74) is 6.04. The van der Waals surface area contributed by atoms with Gasteiger partial charge in [0.05, 0.1) is 11.5 Å². The smallest absolute Gasteiger partial charge is 0.150 e. The largest absolute Gasteiger partial charge is 0.329 e. The minimum Gasteiger partial charge on any atom is -0.329 e. The molecule has 5 nitrogen and oxygen atoms in total. The number of fused-ring (bicyclic) bond motifs is 1. The van der Waals surface area contributed by atoms with Gasteiger partial charge in [0, 0.05) is 31.2 Å². The molecule has 2 unspecified atom stereocenters. The summed E-state index contributed by atoms with van der Waals surface area (Å²) in [5, 5.41) is 0. The Bertz CT molecular complexity index is 465. The van der Waals surface area contributed by atoms with Crippen molar-refractivity contribution in [3.05, 3.63) is 0 Å². The lowest BCUT2D eigenvalue weighted by Crippen LogP contribution is -2.63. The van der Waals surface area contributed by atoms with Crippen LogP contribution < -0.4 is 5.73 Å². The maximum absolute atomic E-state index is 11.7. The first-order valence-electron chi connectivity index (χ1n) is 8.32. The summed E-state index contributed by atoms with van der Waals surface area (Å²) in [4.78, 5) is 5.06. The van der Waals surface area contributed by atoms with E-state index in [1.165, 1.54) is 25.8 Å². The molecule has 2 atom stereocenters. The van der Waals surface area contributed by atoms with E-state index < -0.39 is 9.84 Å². The fourth-order valence-corrected chi connectivity index (χ4v) is 6.24. The predicted octanol–water partition coefficient (Wildman–Crippen LogP) is 0.309. The first-order valence-corrected chi connectivity index (χ1v) is 10.1. The maximum Gasteiger partial charge on any atom is 0.150 e. The Balaban J connectivity index is 1.71. The lowest BCUT2D eigenvalue weighted by molar-refractivity contribution is -0.0181. The zero-order valence-corrected chi connectivity index (χ0v) is 13.9. The molecule has 3 heterocycles. The van der Waals surface area contributed by atoms with Crippen LogP contribution in [0.4, 0.5) is 0 Å². The van der Waals surface area contributed by atoms with Gasteiger partial charge in [-0.15, -0.1) is 0 Å². The highest BCUT2D eigenvalue weighted by molar-refractivity contribution is 7.91. The van der Waals surface area contributed by atoms with Crippen LogP contribution in [0.1, 0.15) is 32.1 Å². The topological polar surface area (TPSA) is 66.6 Å². The third-order valence-corrected chi connectivity index (χ3v) is 7.81. The molecule has 3 aliphatic rings. The number of nitrogens with zero attached hydrogens (tertiary/aromatic N) is 2. The third kappa shape index (κ3) is 3.00. The SMILES string of the molecule is CN1CCCC2CN(C3(CN)CCS(=O)(=O)CC3)CCC21. The first-order chi connectivity index (χ1) is 9.96. The van der Waals surface area contributed by atoms with Gasteiger partial charge >= 0.3 is 0 Å². The van der Waals surface area contributed by atoms with Crippen molar-refractivity contribution in [2.24, 2.45) is 11.7 Å². The van der Waals surface area contributed by atoms with Gasteiger partial charge in [-0.05, 0) is 51.6 Å². The molecule has 6 heteroatoms. The van der Waals surface area contributed by atoms with Crippen molar-refractivity contribution < 1.29 is 8.42 Å². The molecule has 122 valence electrons. The molecule has 0 bridgehead atoms. The highest BCUT2D eigenvalue weighted by Gasteiger charge is 2.45. The Morgan fingerprint density at radius 1 is 1.19 bits per heavy atom. The van der Waals surface area contributed by atoms with Crippen LogP contribution in [0.25, 0.3) is 0 Å². The number of hydrogen-bond acceptors (Lipinski definition) is 5. The second kappa shape index (κ2) is 5.80. The molecular formula is C15H29N3O2S. The molecule has 3 rings (SSSR count). The highest BCUT2D eigenvalue weighted by Crippen LogP contribution is 2.36. The summed E-state index contributed by atoms with van der Waals surface area (Å²) in [5.74, 6) is 1.36. The second-order valence-electron chi connectivity index (χ2n) is 7.27. The van der Waals surface area contributed by atoms with Crippen molar-refractivity contribution in [2.75, 3.05) is 44.7 Å². The van der Waals surface area contributed by atoms with E-state index in [2.05, 4.69) is 16.8 Å². The lowest BCUT2D eigenvalue weighted by Gasteiger charge is -2.53. The highest BCUT2D eigenvalue weighted by atomic mass is 32.2. The van der Waals surface area contributed by atoms with E-state index in [-0.39, 0.29) is 5.54 Å². The molecule has 0 spiro atoms. The summed E-state index contributed by atoms with van der Waals surface area (Å²) in [6.07, 6.45) is 5.24. The van der Waals surface area contributed by atoms with Crippen LogP contribution in [0, 0.1) is 5.92 Å². The molecule has 0 saturated carbocycles. The van der Waals surface area contributed by atoms with E-state index >= 15 is 0 Å². The molecular weight excluding hydrogens is 286 g/mol. The average molecular weight is 315 g/mol. The number of likely N-dealkylation sites (tertiary alicyclic amines) is 2. The monoisotopic (exact) mass is 315 g/mol. The maximum atomic E-state index is 11.7. The predicted molar refractivity (Wildman–Crippen MR) is 85.0 cm³/mol. The fourth-order valence-electron chi connectivity index (χ4n) is 4.65. The van der Waals surface area contributed by atoms with Crippen LogP contribution in [-0.4, -0.2) is 74.5 Å². The van der Waals surface area contributed by atoms with Gasteiger partial charge < -0.3 is 10.6 Å². The summed E-state index contributed by atoms with van der Waals surface area (Å²) >= 11 is 0. The van der Waals surface area contributed by atoms with Crippen molar-refractivity contribution in [3.63, 3.8) is 0 Å². The standard InChI is InChI=1S/C15H29N3O2S/c1-17-7-2-3-13-11-18(8-4-14(13)17)15(12-16)5-9-21(19,20)10-6-15/h13-14H,2-12,16H2,1H3. The average Bonchev–Trinajstić information content (AvgIpc) is 2.48. The molecule has 3 fully saturated rings. The van der Waals surface area contributed by atoms with Crippen LogP contribution in [0.2, 0.25) is 0 Å². The summed E-state index contributed by atoms with van der Waals surface area (Å²) in [6, 6.07) is 0.720. The number of hydrogen-bond donors (Lipinski definition) is 1. The molecule has 3 saturated heterocycles. The van der Waals surface area contributed by atoms with Crippen molar-refractivity contribution >= 4 is 9.84 Å². The van der Waals surface area contributed by atoms with E-state index in [4.69, 9.17) is 5.73 Å². The molecule has 0 radical (unpaired) electrons. The van der Waals surface area contributed by atoms with Gasteiger partial charge in [-0.2, -0.15) is 0 Å². The van der Waals surface area contributed by atoms with E-state index in [9.17, 15) is 8.42 Å². The Hall–Kier alpha value is -0.170. The van der Waals surface area contributed by atoms with Gasteiger partial charge in [-0.1, -0.05) is 0 Å². The van der Waals surface area contributed by atoms with Crippen molar-refractivity contribution in [2.45, 2.75) is 43.7 Å². The number of piperidine rings is 2. The molecule has 2 N–H and O–H groups in total. The van der Waals surface area contributed by atoms with Crippen LogP contribution in [-0.2, 0) is 9.84 Å². The molecule has 0 amide bonds. The van der Waals surface area contributed by atoms with E-state index in [1.807, 2.05) is 0 Å². The van der Waals surface area contributed by atoms with Crippen LogP contribution in [0.3, 0.4) is 0 Å². The Labute approximate surface area is 128 Å². The quantitative estimate of drug-likeness (QED) is 0.794. The van der Waals surface area contributed by atoms with Crippen LogP contribution >= 0.6 is 0 Å². The van der Waals surface area contributed by atoms with E-state index in [0.717, 1.165) is 37.9 Å². The normalized spacial score (nSPS) is 37.0. The van der Waals surface area contributed by atoms with Crippen molar-refractivity contribution in [3.8, 4) is 0 Å². The molecule has 0 aromatic carbocycles. The van der Waals surface area contributed by atoms with Crippen LogP contribution in [0.15, 0.2) is 0 Å². The zero-order valence-electron chi connectivity index (χ0n) is 13.1. The number of nitrogens with two attached hydrogens (primary N) is 1. The molecule has 3 aliphatic heterocycles. The number of sulfone groups is 1. The fraction of sp³-hybridized carbons (Fsp3) is 1.00. The van der Waals surface area contributed by atoms with Gasteiger partial charge in [0.25, 0.3) is 0 Å². The van der Waals surface area contributed by atoms with E-state index in [1.54, 1.807) is 0 Å². The Morgan fingerprint density at radius 3 is 2.57 bits per heavy atom. The Morgan fingerprint density at radius 2 is 1.90 bits per heavy atom. The zero-order chi connectivity index (χ0) is 15.1. The second-order valence-corrected chi connectivity index (χ2v) is 9.57. The summed E-state index contributed by atoms with van der Waals surface area (Å²) in [6.45, 7) is 3.99. The van der Waals surface area contributed by atoms with Crippen LogP contribution in [0.5, 0.6) is 0 Å². The minimum atomic E-state index is -2.83. The lowest BCUT2D eigenvalue weighted by atomic mass is 9.80. The van der Waals surface area contributed by atoms with Gasteiger partial charge in [-0.25, -0.2) is 8.42 Å². The van der Waals surface area contributed by atoms with Gasteiger partial charge in [0.1, 0.15) is 9.84 Å². The van der Waals surface area contributed by atoms with Crippen molar-refractivity contribution in [1.29, 1.82) is 0 Å². The van der Waals surface area contributed by atoms with Gasteiger partial charge in [-0.3, -0.25) is 4.90 Å². The van der Waals surface area contributed by atoms with E-state index in [0.29, 0.717) is 18.1 Å². The first kappa shape index (κ1) is 15.7. The van der Waals surface area contributed by atoms with Gasteiger partial charge in [0.15, 0.2) is 0 Å². The molecule has 0 aromatic heterocycles. The molecule has 0 aromatic rings. The van der Waals surface area contributed by atoms with Gasteiger partial charge in [0.2, 0.25) is 0 Å². The molecule has 21 heavy (non-hydrogen) atoms. The third-order valence-electron chi connectivity index (χ3n) is 6.15.